The van der Waals surface area contributed by atoms with E-state index >= 15 is 0 Å². The van der Waals surface area contributed by atoms with Gasteiger partial charge in [-0.2, -0.15) is 0 Å². The number of anilines is 2. The van der Waals surface area contributed by atoms with E-state index in [0.29, 0.717) is 12.5 Å². The predicted octanol–water partition coefficient (Wildman–Crippen LogP) is 3.00. The minimum absolute atomic E-state index is 0.445. The smallest absolute Gasteiger partial charge is 0.193 e. The average molecular weight is 294 g/mol. The molecule has 1 aliphatic rings. The molecule has 0 aromatic heterocycles. The van der Waals surface area contributed by atoms with Gasteiger partial charge >= 0.3 is 0 Å². The van der Waals surface area contributed by atoms with E-state index in [1.54, 1.807) is 0 Å². The van der Waals surface area contributed by atoms with Gasteiger partial charge in [0.25, 0.3) is 0 Å². The van der Waals surface area contributed by atoms with Crippen molar-refractivity contribution < 1.29 is 0 Å². The van der Waals surface area contributed by atoms with Crippen molar-refractivity contribution in [1.82, 2.24) is 0 Å². The van der Waals surface area contributed by atoms with Crippen LogP contribution in [0.25, 0.3) is 0 Å². The third-order valence-corrected chi connectivity index (χ3v) is 3.97. The Morgan fingerprint density at radius 3 is 2.86 bits per heavy atom. The molecular weight excluding hydrogens is 272 g/mol. The maximum atomic E-state index is 5.94. The highest BCUT2D eigenvalue weighted by molar-refractivity contribution is 5.92. The Bertz CT molecular complexity index is 664. The molecule has 0 spiro atoms. The molecule has 0 saturated heterocycles. The third kappa shape index (κ3) is 3.39. The summed E-state index contributed by atoms with van der Waals surface area (Å²) in [5.74, 6) is 0.445. The summed E-state index contributed by atoms with van der Waals surface area (Å²) in [5, 5.41) is 3.10. The second kappa shape index (κ2) is 6.52. The van der Waals surface area contributed by atoms with Crippen molar-refractivity contribution >= 4 is 17.3 Å². The molecular formula is C18H22N4. The number of guanidine groups is 1. The van der Waals surface area contributed by atoms with Gasteiger partial charge in [0.2, 0.25) is 0 Å². The number of para-hydroxylation sites is 1. The highest BCUT2D eigenvalue weighted by Gasteiger charge is 2.13. The fourth-order valence-electron chi connectivity index (χ4n) is 2.82. The molecule has 1 aliphatic heterocycles. The van der Waals surface area contributed by atoms with Crippen molar-refractivity contribution in [2.75, 3.05) is 23.8 Å². The minimum atomic E-state index is 0.445. The van der Waals surface area contributed by atoms with Gasteiger partial charge in [0.15, 0.2) is 5.96 Å². The van der Waals surface area contributed by atoms with Crippen LogP contribution in [0.3, 0.4) is 0 Å². The number of nitrogens with one attached hydrogen (secondary N) is 1. The standard InChI is InChI=1S/C18H22N4/c1-22-11-5-6-15-12-14(9-10-17(15)22)13-20-18(19)21-16-7-3-2-4-8-16/h2-4,7-10,12H,5-6,11,13H2,1H3,(H3,19,20,21). The van der Waals surface area contributed by atoms with Crippen molar-refractivity contribution in [3.05, 3.63) is 59.7 Å². The molecule has 2 aromatic carbocycles. The maximum Gasteiger partial charge on any atom is 0.193 e. The van der Waals surface area contributed by atoms with E-state index in [1.165, 1.54) is 23.2 Å². The van der Waals surface area contributed by atoms with Crippen LogP contribution < -0.4 is 16.0 Å². The van der Waals surface area contributed by atoms with Crippen LogP contribution in [0.4, 0.5) is 11.4 Å². The van der Waals surface area contributed by atoms with Gasteiger partial charge in [-0.05, 0) is 42.2 Å². The number of aryl methyl sites for hydroxylation is 1. The van der Waals surface area contributed by atoms with Crippen molar-refractivity contribution in [2.24, 2.45) is 10.7 Å². The minimum Gasteiger partial charge on any atom is -0.374 e. The highest BCUT2D eigenvalue weighted by Crippen LogP contribution is 2.26. The summed E-state index contributed by atoms with van der Waals surface area (Å²) in [6, 6.07) is 16.4. The quantitative estimate of drug-likeness (QED) is 0.676. The third-order valence-electron chi connectivity index (χ3n) is 3.97. The first-order chi connectivity index (χ1) is 10.7. The Labute approximate surface area is 131 Å². The Kier molecular flexibility index (Phi) is 4.28. The summed E-state index contributed by atoms with van der Waals surface area (Å²) in [6.45, 7) is 1.74. The summed E-state index contributed by atoms with van der Waals surface area (Å²) in [6.07, 6.45) is 2.36. The molecule has 4 nitrogen and oxygen atoms in total. The molecule has 0 radical (unpaired) electrons. The Balaban J connectivity index is 1.67. The molecule has 0 bridgehead atoms. The van der Waals surface area contributed by atoms with Crippen molar-refractivity contribution in [1.29, 1.82) is 0 Å². The van der Waals surface area contributed by atoms with Crippen LogP contribution in [0.1, 0.15) is 17.5 Å². The number of fused-ring (bicyclic) bond motifs is 1. The number of nitrogens with two attached hydrogens (primary N) is 1. The highest BCUT2D eigenvalue weighted by atomic mass is 15.1. The van der Waals surface area contributed by atoms with Crippen LogP contribution in [0.5, 0.6) is 0 Å². The number of nitrogens with zero attached hydrogens (tertiary/aromatic N) is 2. The van der Waals surface area contributed by atoms with E-state index in [4.69, 9.17) is 5.73 Å². The molecule has 22 heavy (non-hydrogen) atoms. The molecule has 2 aromatic rings. The first-order valence-corrected chi connectivity index (χ1v) is 7.67. The first kappa shape index (κ1) is 14.4. The summed E-state index contributed by atoms with van der Waals surface area (Å²) < 4.78 is 0. The Hall–Kier alpha value is -2.49. The normalized spacial score (nSPS) is 14.6. The lowest BCUT2D eigenvalue weighted by Gasteiger charge is -2.27. The van der Waals surface area contributed by atoms with Gasteiger partial charge in [0.1, 0.15) is 0 Å². The van der Waals surface area contributed by atoms with Crippen LogP contribution in [-0.4, -0.2) is 19.6 Å². The molecule has 1 heterocycles. The van der Waals surface area contributed by atoms with E-state index in [1.807, 2.05) is 30.3 Å². The zero-order chi connectivity index (χ0) is 15.4. The van der Waals surface area contributed by atoms with E-state index in [-0.39, 0.29) is 0 Å². The summed E-state index contributed by atoms with van der Waals surface area (Å²) >= 11 is 0. The molecule has 0 fully saturated rings. The summed E-state index contributed by atoms with van der Waals surface area (Å²) in [4.78, 5) is 6.74. The average Bonchev–Trinajstić information content (AvgIpc) is 2.54. The van der Waals surface area contributed by atoms with E-state index < -0.39 is 0 Å². The second-order valence-electron chi connectivity index (χ2n) is 5.68. The maximum absolute atomic E-state index is 5.94. The Morgan fingerprint density at radius 1 is 1.23 bits per heavy atom. The monoisotopic (exact) mass is 294 g/mol. The molecule has 0 aliphatic carbocycles. The second-order valence-corrected chi connectivity index (χ2v) is 5.68. The summed E-state index contributed by atoms with van der Waals surface area (Å²) in [5.41, 5.74) is 10.9. The zero-order valence-corrected chi connectivity index (χ0v) is 12.9. The molecule has 0 amide bonds. The topological polar surface area (TPSA) is 53.6 Å². The fraction of sp³-hybridized carbons (Fsp3) is 0.278. The fourth-order valence-corrected chi connectivity index (χ4v) is 2.82. The van der Waals surface area contributed by atoms with Crippen molar-refractivity contribution in [2.45, 2.75) is 19.4 Å². The van der Waals surface area contributed by atoms with Gasteiger partial charge in [0.05, 0.1) is 6.54 Å². The van der Waals surface area contributed by atoms with Gasteiger partial charge < -0.3 is 16.0 Å². The summed E-state index contributed by atoms with van der Waals surface area (Å²) in [7, 11) is 2.15. The van der Waals surface area contributed by atoms with E-state index in [2.05, 4.69) is 40.5 Å². The molecule has 3 N–H and O–H groups in total. The van der Waals surface area contributed by atoms with Gasteiger partial charge in [0, 0.05) is 25.0 Å². The lowest BCUT2D eigenvalue weighted by Crippen LogP contribution is -2.24. The number of hydrogen-bond acceptors (Lipinski definition) is 2. The van der Waals surface area contributed by atoms with Crippen molar-refractivity contribution in [3.63, 3.8) is 0 Å². The van der Waals surface area contributed by atoms with Crippen LogP contribution in [-0.2, 0) is 13.0 Å². The number of hydrogen-bond donors (Lipinski definition) is 2. The molecule has 4 heteroatoms. The van der Waals surface area contributed by atoms with Gasteiger partial charge in [-0.3, -0.25) is 0 Å². The van der Waals surface area contributed by atoms with Gasteiger partial charge in [-0.15, -0.1) is 0 Å². The lowest BCUT2D eigenvalue weighted by atomic mass is 10.00. The van der Waals surface area contributed by atoms with Crippen molar-refractivity contribution in [3.8, 4) is 0 Å². The lowest BCUT2D eigenvalue weighted by molar-refractivity contribution is 0.743. The number of aliphatic imine (C=N–C) groups is 1. The predicted molar refractivity (Wildman–Crippen MR) is 93.4 cm³/mol. The number of rotatable bonds is 3. The SMILES string of the molecule is CN1CCCc2cc(CN=C(N)Nc3ccccc3)ccc21. The van der Waals surface area contributed by atoms with Crippen LogP contribution in [0, 0.1) is 0 Å². The molecule has 114 valence electrons. The zero-order valence-electron chi connectivity index (χ0n) is 12.9. The largest absolute Gasteiger partial charge is 0.374 e. The molecule has 0 unspecified atom stereocenters. The molecule has 0 atom stereocenters. The van der Waals surface area contributed by atoms with Gasteiger partial charge in [-0.1, -0.05) is 30.3 Å². The Morgan fingerprint density at radius 2 is 2.05 bits per heavy atom. The van der Waals surface area contributed by atoms with Gasteiger partial charge in [-0.25, -0.2) is 4.99 Å². The van der Waals surface area contributed by atoms with E-state index in [0.717, 1.165) is 18.7 Å². The molecule has 3 rings (SSSR count). The number of benzene rings is 2. The van der Waals surface area contributed by atoms with Crippen LogP contribution in [0.2, 0.25) is 0 Å². The van der Waals surface area contributed by atoms with Crippen LogP contribution in [0.15, 0.2) is 53.5 Å². The van der Waals surface area contributed by atoms with E-state index in [9.17, 15) is 0 Å². The molecule has 0 saturated carbocycles. The first-order valence-electron chi connectivity index (χ1n) is 7.67. The van der Waals surface area contributed by atoms with Crippen LogP contribution >= 0.6 is 0 Å².